The molecule has 1 atom stereocenters. The minimum absolute atomic E-state index is 0.140. The quantitative estimate of drug-likeness (QED) is 0.518. The molecule has 1 unspecified atom stereocenters. The average Bonchev–Trinajstić information content (AvgIpc) is 2.14. The van der Waals surface area contributed by atoms with Gasteiger partial charge in [-0.1, -0.05) is 39.0 Å². The van der Waals surface area contributed by atoms with Crippen molar-refractivity contribution in [2.45, 2.75) is 26.2 Å². The Labute approximate surface area is 103 Å². The first-order valence-electron chi connectivity index (χ1n) is 5.09. The maximum atomic E-state index is 10.7. The van der Waals surface area contributed by atoms with E-state index in [1.807, 2.05) is 20.8 Å². The third kappa shape index (κ3) is 3.54. The maximum Gasteiger partial charge on any atom is 0.490 e. The van der Waals surface area contributed by atoms with Gasteiger partial charge < -0.3 is 19.3 Å². The highest BCUT2D eigenvalue weighted by atomic mass is 32.2. The Balaban J connectivity index is 3.39. The summed E-state index contributed by atoms with van der Waals surface area (Å²) in [4.78, 5) is 0. The largest absolute Gasteiger partial charge is 0.755 e. The number of hydrogen-bond acceptors (Lipinski definition) is 4. The number of rotatable bonds is 3. The van der Waals surface area contributed by atoms with Gasteiger partial charge in [-0.05, 0) is 11.0 Å². The lowest BCUT2D eigenvalue weighted by atomic mass is 9.74. The SMILES string of the molecule is CC(C)(C)c1cccc(B(O)O)c1NS(=O)[O-]. The van der Waals surface area contributed by atoms with Crippen LogP contribution in [0, 0.1) is 0 Å². The maximum absolute atomic E-state index is 10.7. The molecule has 0 spiro atoms. The van der Waals surface area contributed by atoms with Gasteiger partial charge in [-0.15, -0.1) is 0 Å². The van der Waals surface area contributed by atoms with Gasteiger partial charge in [0, 0.05) is 22.4 Å². The molecule has 1 aromatic carbocycles. The first kappa shape index (κ1) is 14.2. The Kier molecular flexibility index (Phi) is 4.32. The summed E-state index contributed by atoms with van der Waals surface area (Å²) < 4.78 is 23.7. The van der Waals surface area contributed by atoms with E-state index in [-0.39, 0.29) is 16.6 Å². The van der Waals surface area contributed by atoms with Gasteiger partial charge in [-0.2, -0.15) is 0 Å². The Hall–Kier alpha value is -0.885. The van der Waals surface area contributed by atoms with Crippen LogP contribution in [0.15, 0.2) is 18.2 Å². The Morgan fingerprint density at radius 3 is 2.35 bits per heavy atom. The van der Waals surface area contributed by atoms with Crippen molar-refractivity contribution in [2.24, 2.45) is 0 Å². The summed E-state index contributed by atoms with van der Waals surface area (Å²) in [5, 5.41) is 18.4. The summed E-state index contributed by atoms with van der Waals surface area (Å²) in [6.07, 6.45) is 0. The molecule has 0 amide bonds. The van der Waals surface area contributed by atoms with E-state index in [1.54, 1.807) is 12.1 Å². The summed E-state index contributed by atoms with van der Waals surface area (Å²) in [6.45, 7) is 5.73. The molecule has 17 heavy (non-hydrogen) atoms. The predicted octanol–water partition coefficient (Wildman–Crippen LogP) is -0.130. The fraction of sp³-hybridized carbons (Fsp3) is 0.400. The minimum Gasteiger partial charge on any atom is -0.755 e. The molecular formula is C10H15BNO4S-. The van der Waals surface area contributed by atoms with Crippen LogP contribution in [0.1, 0.15) is 26.3 Å². The second-order valence-electron chi connectivity index (χ2n) is 4.73. The van der Waals surface area contributed by atoms with Gasteiger partial charge in [0.15, 0.2) is 0 Å². The van der Waals surface area contributed by atoms with Crippen molar-refractivity contribution in [2.75, 3.05) is 4.72 Å². The van der Waals surface area contributed by atoms with E-state index in [4.69, 9.17) is 0 Å². The molecule has 5 nitrogen and oxygen atoms in total. The van der Waals surface area contributed by atoms with Gasteiger partial charge in [0.2, 0.25) is 0 Å². The van der Waals surface area contributed by atoms with E-state index in [2.05, 4.69) is 4.72 Å². The zero-order valence-electron chi connectivity index (χ0n) is 9.93. The molecule has 0 aromatic heterocycles. The summed E-state index contributed by atoms with van der Waals surface area (Å²) in [7, 11) is -1.72. The summed E-state index contributed by atoms with van der Waals surface area (Å²) in [5.41, 5.74) is 0.754. The first-order valence-corrected chi connectivity index (χ1v) is 6.16. The van der Waals surface area contributed by atoms with Gasteiger partial charge in [-0.25, -0.2) is 0 Å². The van der Waals surface area contributed by atoms with Crippen LogP contribution < -0.4 is 10.2 Å². The van der Waals surface area contributed by atoms with E-state index in [0.717, 1.165) is 0 Å². The van der Waals surface area contributed by atoms with Gasteiger partial charge in [0.1, 0.15) is 0 Å². The van der Waals surface area contributed by atoms with Crippen molar-refractivity contribution < 1.29 is 18.8 Å². The van der Waals surface area contributed by atoms with Crippen LogP contribution in [0.5, 0.6) is 0 Å². The smallest absolute Gasteiger partial charge is 0.490 e. The van der Waals surface area contributed by atoms with E-state index >= 15 is 0 Å². The molecule has 3 N–H and O–H groups in total. The molecule has 7 heteroatoms. The average molecular weight is 256 g/mol. The van der Waals surface area contributed by atoms with Crippen LogP contribution in [-0.4, -0.2) is 25.9 Å². The molecule has 0 aliphatic carbocycles. The summed E-state index contributed by atoms with van der Waals surface area (Å²) in [6, 6.07) is 4.88. The zero-order valence-corrected chi connectivity index (χ0v) is 10.7. The fourth-order valence-corrected chi connectivity index (χ4v) is 2.00. The molecule has 0 heterocycles. The second kappa shape index (κ2) is 5.18. The highest BCUT2D eigenvalue weighted by Crippen LogP contribution is 2.28. The molecule has 0 aliphatic rings. The van der Waals surface area contributed by atoms with Crippen LogP contribution in [0.25, 0.3) is 0 Å². The lowest BCUT2D eigenvalue weighted by Gasteiger charge is -2.26. The number of para-hydroxylation sites is 1. The topological polar surface area (TPSA) is 92.6 Å². The van der Waals surface area contributed by atoms with Crippen LogP contribution in [-0.2, 0) is 16.7 Å². The first-order chi connectivity index (χ1) is 7.73. The predicted molar refractivity (Wildman–Crippen MR) is 67.5 cm³/mol. The molecule has 0 aliphatic heterocycles. The molecule has 1 rings (SSSR count). The lowest BCUT2D eigenvalue weighted by Crippen LogP contribution is -2.35. The van der Waals surface area contributed by atoms with E-state index in [0.29, 0.717) is 5.56 Å². The Morgan fingerprint density at radius 2 is 1.94 bits per heavy atom. The molecule has 0 saturated carbocycles. The van der Waals surface area contributed by atoms with Gasteiger partial charge >= 0.3 is 7.12 Å². The van der Waals surface area contributed by atoms with E-state index in [9.17, 15) is 18.8 Å². The van der Waals surface area contributed by atoms with Crippen molar-refractivity contribution in [3.05, 3.63) is 23.8 Å². The highest BCUT2D eigenvalue weighted by molar-refractivity contribution is 7.80. The fourth-order valence-electron chi connectivity index (χ4n) is 1.61. The second-order valence-corrected chi connectivity index (χ2v) is 5.40. The standard InChI is InChI=1S/C10H16BNO4S/c1-10(2,3)7-5-4-6-8(11(13)14)9(7)12-17(15)16/h4-6,12-14H,1-3H3,(H,15,16)/p-1. The lowest BCUT2D eigenvalue weighted by molar-refractivity contribution is 0.426. The van der Waals surface area contributed by atoms with Crippen LogP contribution in [0.4, 0.5) is 5.69 Å². The molecule has 0 fully saturated rings. The van der Waals surface area contributed by atoms with Gasteiger partial charge in [0.25, 0.3) is 0 Å². The van der Waals surface area contributed by atoms with E-state index in [1.165, 1.54) is 6.07 Å². The molecule has 1 aromatic rings. The molecule has 94 valence electrons. The summed E-state index contributed by atoms with van der Waals surface area (Å²) >= 11 is -2.51. The third-order valence-electron chi connectivity index (χ3n) is 2.37. The van der Waals surface area contributed by atoms with Crippen molar-refractivity contribution in [3.63, 3.8) is 0 Å². The number of nitrogens with one attached hydrogen (secondary N) is 1. The summed E-state index contributed by atoms with van der Waals surface area (Å²) in [5.74, 6) is 0. The minimum atomic E-state index is -2.51. The number of benzene rings is 1. The number of hydrogen-bond donors (Lipinski definition) is 3. The molecular weight excluding hydrogens is 241 g/mol. The van der Waals surface area contributed by atoms with Gasteiger partial charge in [-0.3, -0.25) is 4.21 Å². The molecule has 0 saturated heterocycles. The normalized spacial score (nSPS) is 13.3. The van der Waals surface area contributed by atoms with Crippen molar-refractivity contribution in [1.82, 2.24) is 0 Å². The molecule has 0 bridgehead atoms. The molecule has 0 radical (unpaired) electrons. The van der Waals surface area contributed by atoms with Crippen molar-refractivity contribution >= 4 is 29.5 Å². The van der Waals surface area contributed by atoms with Crippen LogP contribution in [0.3, 0.4) is 0 Å². The third-order valence-corrected chi connectivity index (χ3v) is 2.74. The monoisotopic (exact) mass is 256 g/mol. The highest BCUT2D eigenvalue weighted by Gasteiger charge is 2.24. The zero-order chi connectivity index (χ0) is 13.2. The van der Waals surface area contributed by atoms with Crippen LogP contribution >= 0.6 is 0 Å². The van der Waals surface area contributed by atoms with E-state index < -0.39 is 18.4 Å². The van der Waals surface area contributed by atoms with Crippen molar-refractivity contribution in [1.29, 1.82) is 0 Å². The Bertz CT molecular complexity index is 431. The van der Waals surface area contributed by atoms with Gasteiger partial charge in [0.05, 0.1) is 0 Å². The van der Waals surface area contributed by atoms with Crippen molar-refractivity contribution in [3.8, 4) is 0 Å². The number of anilines is 1. The Morgan fingerprint density at radius 1 is 1.35 bits per heavy atom. The van der Waals surface area contributed by atoms with Crippen LogP contribution in [0.2, 0.25) is 0 Å².